The molecule has 4 nitrogen and oxygen atoms in total. The van der Waals surface area contributed by atoms with Crippen LogP contribution in [0, 0.1) is 5.92 Å². The lowest BCUT2D eigenvalue weighted by atomic mass is 10.1. The van der Waals surface area contributed by atoms with Crippen molar-refractivity contribution in [2.24, 2.45) is 5.92 Å². The fourth-order valence-corrected chi connectivity index (χ4v) is 2.04. The third-order valence-electron chi connectivity index (χ3n) is 3.17. The Balaban J connectivity index is 2.12. The van der Waals surface area contributed by atoms with Gasteiger partial charge < -0.3 is 0 Å². The van der Waals surface area contributed by atoms with Crippen LogP contribution in [-0.2, 0) is 16.1 Å². The molecule has 1 heterocycles. The number of carbonyl (C=O) groups excluding carboxylic acids is 3. The van der Waals surface area contributed by atoms with Gasteiger partial charge in [0.25, 0.3) is 0 Å². The van der Waals surface area contributed by atoms with Gasteiger partial charge in [-0.05, 0) is 12.5 Å². The molecule has 2 amide bonds. The molecule has 1 saturated heterocycles. The molecule has 18 heavy (non-hydrogen) atoms. The SMILES string of the molecule is CC(=O)c1ccc(CN2C(=O)C[C@H](C)C2=O)cc1. The summed E-state index contributed by atoms with van der Waals surface area (Å²) in [7, 11) is 0. The minimum Gasteiger partial charge on any atom is -0.295 e. The lowest BCUT2D eigenvalue weighted by Crippen LogP contribution is -2.29. The first kappa shape index (κ1) is 12.5. The van der Waals surface area contributed by atoms with Crippen LogP contribution in [0.1, 0.15) is 36.2 Å². The summed E-state index contributed by atoms with van der Waals surface area (Å²) in [5.74, 6) is -0.448. The van der Waals surface area contributed by atoms with Crippen molar-refractivity contribution in [1.82, 2.24) is 4.90 Å². The summed E-state index contributed by atoms with van der Waals surface area (Å²) in [6.07, 6.45) is 0.296. The lowest BCUT2D eigenvalue weighted by Gasteiger charge is -2.14. The van der Waals surface area contributed by atoms with Crippen LogP contribution in [-0.4, -0.2) is 22.5 Å². The average Bonchev–Trinajstić information content (AvgIpc) is 2.57. The maximum absolute atomic E-state index is 11.7. The van der Waals surface area contributed by atoms with Crippen LogP contribution in [0.15, 0.2) is 24.3 Å². The summed E-state index contributed by atoms with van der Waals surface area (Å²) in [6.45, 7) is 3.56. The van der Waals surface area contributed by atoms with Crippen LogP contribution in [0.25, 0.3) is 0 Å². The van der Waals surface area contributed by atoms with E-state index in [1.54, 1.807) is 31.2 Å². The highest BCUT2D eigenvalue weighted by atomic mass is 16.2. The monoisotopic (exact) mass is 245 g/mol. The number of Topliss-reactive ketones (excluding diaryl/α,β-unsaturated/α-hetero) is 1. The van der Waals surface area contributed by atoms with Crippen molar-refractivity contribution in [3.05, 3.63) is 35.4 Å². The van der Waals surface area contributed by atoms with Crippen molar-refractivity contribution in [3.8, 4) is 0 Å². The molecule has 0 bridgehead atoms. The van der Waals surface area contributed by atoms with E-state index >= 15 is 0 Å². The fourth-order valence-electron chi connectivity index (χ4n) is 2.04. The van der Waals surface area contributed by atoms with Crippen LogP contribution in [0.3, 0.4) is 0 Å². The van der Waals surface area contributed by atoms with Crippen molar-refractivity contribution in [3.63, 3.8) is 0 Å². The molecule has 1 aliphatic rings. The summed E-state index contributed by atoms with van der Waals surface area (Å²) in [6, 6.07) is 6.98. The molecule has 0 spiro atoms. The molecular formula is C14H15NO3. The van der Waals surface area contributed by atoms with Crippen LogP contribution in [0.4, 0.5) is 0 Å². The second kappa shape index (κ2) is 4.72. The van der Waals surface area contributed by atoms with Crippen molar-refractivity contribution in [2.45, 2.75) is 26.8 Å². The van der Waals surface area contributed by atoms with E-state index in [0.29, 0.717) is 18.5 Å². The first-order valence-electron chi connectivity index (χ1n) is 5.93. The minimum atomic E-state index is -0.214. The van der Waals surface area contributed by atoms with Crippen LogP contribution in [0.5, 0.6) is 0 Å². The molecule has 0 unspecified atom stereocenters. The number of rotatable bonds is 3. The molecule has 0 radical (unpaired) electrons. The minimum absolute atomic E-state index is 0.00324. The van der Waals surface area contributed by atoms with Gasteiger partial charge in [-0.3, -0.25) is 19.3 Å². The third kappa shape index (κ3) is 2.32. The van der Waals surface area contributed by atoms with Gasteiger partial charge in [-0.25, -0.2) is 0 Å². The number of nitrogens with zero attached hydrogens (tertiary/aromatic N) is 1. The first-order chi connectivity index (χ1) is 8.49. The molecule has 1 fully saturated rings. The molecule has 0 saturated carbocycles. The molecular weight excluding hydrogens is 230 g/mol. The van der Waals surface area contributed by atoms with Crippen molar-refractivity contribution in [1.29, 1.82) is 0 Å². The predicted octanol–water partition coefficient (Wildman–Crippen LogP) is 1.78. The van der Waals surface area contributed by atoms with Gasteiger partial charge in [-0.15, -0.1) is 0 Å². The quantitative estimate of drug-likeness (QED) is 0.602. The summed E-state index contributed by atoms with van der Waals surface area (Å²) in [5.41, 5.74) is 1.49. The number of imide groups is 1. The molecule has 0 N–H and O–H groups in total. The van der Waals surface area contributed by atoms with Gasteiger partial charge in [0.2, 0.25) is 11.8 Å². The van der Waals surface area contributed by atoms with Gasteiger partial charge >= 0.3 is 0 Å². The van der Waals surface area contributed by atoms with E-state index in [9.17, 15) is 14.4 Å². The molecule has 0 aliphatic carbocycles. The summed E-state index contributed by atoms with van der Waals surface area (Å²) < 4.78 is 0. The zero-order valence-electron chi connectivity index (χ0n) is 10.5. The molecule has 4 heteroatoms. The summed E-state index contributed by atoms with van der Waals surface area (Å²) in [4.78, 5) is 35.8. The van der Waals surface area contributed by atoms with E-state index in [-0.39, 0.29) is 23.5 Å². The van der Waals surface area contributed by atoms with E-state index in [1.807, 2.05) is 0 Å². The third-order valence-corrected chi connectivity index (χ3v) is 3.17. The largest absolute Gasteiger partial charge is 0.295 e. The predicted molar refractivity (Wildman–Crippen MR) is 65.8 cm³/mol. The number of hydrogen-bond donors (Lipinski definition) is 0. The smallest absolute Gasteiger partial charge is 0.232 e. The number of amides is 2. The van der Waals surface area contributed by atoms with Crippen LogP contribution in [0.2, 0.25) is 0 Å². The maximum atomic E-state index is 11.7. The molecule has 1 atom stereocenters. The number of benzene rings is 1. The van der Waals surface area contributed by atoms with E-state index in [0.717, 1.165) is 5.56 Å². The highest BCUT2D eigenvalue weighted by Crippen LogP contribution is 2.21. The van der Waals surface area contributed by atoms with E-state index < -0.39 is 0 Å². The Morgan fingerprint density at radius 3 is 2.33 bits per heavy atom. The van der Waals surface area contributed by atoms with Crippen molar-refractivity contribution >= 4 is 17.6 Å². The number of likely N-dealkylation sites (tertiary alicyclic amines) is 1. The summed E-state index contributed by atoms with van der Waals surface area (Å²) >= 11 is 0. The van der Waals surface area contributed by atoms with Gasteiger partial charge in [0.15, 0.2) is 5.78 Å². The van der Waals surface area contributed by atoms with Crippen LogP contribution >= 0.6 is 0 Å². The van der Waals surface area contributed by atoms with Gasteiger partial charge in [0, 0.05) is 17.9 Å². The highest BCUT2D eigenvalue weighted by Gasteiger charge is 2.35. The normalized spacial score (nSPS) is 19.4. The fraction of sp³-hybridized carbons (Fsp3) is 0.357. The Kier molecular flexibility index (Phi) is 3.28. The molecule has 1 aromatic rings. The number of hydrogen-bond acceptors (Lipinski definition) is 3. The first-order valence-corrected chi connectivity index (χ1v) is 5.93. The molecule has 2 rings (SSSR count). The molecule has 1 aromatic carbocycles. The Morgan fingerprint density at radius 1 is 1.28 bits per heavy atom. The van der Waals surface area contributed by atoms with E-state index in [1.165, 1.54) is 11.8 Å². The van der Waals surface area contributed by atoms with Gasteiger partial charge in [0.05, 0.1) is 6.54 Å². The molecule has 0 aromatic heterocycles. The number of ketones is 1. The lowest BCUT2D eigenvalue weighted by molar-refractivity contribution is -0.139. The Morgan fingerprint density at radius 2 is 1.89 bits per heavy atom. The van der Waals surface area contributed by atoms with Crippen LogP contribution < -0.4 is 0 Å². The van der Waals surface area contributed by atoms with Gasteiger partial charge in [0.1, 0.15) is 0 Å². The summed E-state index contributed by atoms with van der Waals surface area (Å²) in [5, 5.41) is 0. The Labute approximate surface area is 106 Å². The standard InChI is InChI=1S/C14H15NO3/c1-9-7-13(17)15(14(9)18)8-11-3-5-12(6-4-11)10(2)16/h3-6,9H,7-8H2,1-2H3/t9-/m0/s1. The van der Waals surface area contributed by atoms with E-state index in [2.05, 4.69) is 0 Å². The van der Waals surface area contributed by atoms with Gasteiger partial charge in [-0.2, -0.15) is 0 Å². The van der Waals surface area contributed by atoms with Crippen molar-refractivity contribution in [2.75, 3.05) is 0 Å². The second-order valence-corrected chi connectivity index (χ2v) is 4.68. The maximum Gasteiger partial charge on any atom is 0.232 e. The Bertz CT molecular complexity index is 504. The zero-order chi connectivity index (χ0) is 13.3. The molecule has 1 aliphatic heterocycles. The molecule has 94 valence electrons. The number of carbonyl (C=O) groups is 3. The van der Waals surface area contributed by atoms with E-state index in [4.69, 9.17) is 0 Å². The topological polar surface area (TPSA) is 54.5 Å². The van der Waals surface area contributed by atoms with Crippen molar-refractivity contribution < 1.29 is 14.4 Å². The zero-order valence-corrected chi connectivity index (χ0v) is 10.5. The average molecular weight is 245 g/mol. The van der Waals surface area contributed by atoms with Gasteiger partial charge in [-0.1, -0.05) is 31.2 Å². The second-order valence-electron chi connectivity index (χ2n) is 4.68. The Hall–Kier alpha value is -1.97. The highest BCUT2D eigenvalue weighted by molar-refractivity contribution is 6.03.